The van der Waals surface area contributed by atoms with Crippen molar-refractivity contribution < 1.29 is 0 Å². The smallest absolute Gasteiger partial charge is 0.272 e. The molecule has 4 aromatic rings. The fourth-order valence-electron chi connectivity index (χ4n) is 3.40. The van der Waals surface area contributed by atoms with Crippen molar-refractivity contribution in [1.82, 2.24) is 24.1 Å². The summed E-state index contributed by atoms with van der Waals surface area (Å²) in [5.74, 6) is 1.50. The molecule has 8 heteroatoms. The SMILES string of the molecule is Cn1c(=O)c2sccc2n2c(CN3CCc4sccc4C3)nnc12. The van der Waals surface area contributed by atoms with Crippen LogP contribution in [-0.2, 0) is 26.6 Å². The molecule has 0 radical (unpaired) electrons. The van der Waals surface area contributed by atoms with Gasteiger partial charge < -0.3 is 0 Å². The van der Waals surface area contributed by atoms with Crippen LogP contribution in [0.1, 0.15) is 16.3 Å². The first-order chi connectivity index (χ1) is 11.7. The number of nitrogens with zero attached hydrogens (tertiary/aromatic N) is 5. The second-order valence-electron chi connectivity index (χ2n) is 6.08. The summed E-state index contributed by atoms with van der Waals surface area (Å²) in [4.78, 5) is 16.3. The highest BCUT2D eigenvalue weighted by molar-refractivity contribution is 7.17. The van der Waals surface area contributed by atoms with Crippen LogP contribution in [0, 0.1) is 0 Å². The summed E-state index contributed by atoms with van der Waals surface area (Å²) >= 11 is 3.32. The third kappa shape index (κ3) is 2.00. The minimum absolute atomic E-state index is 0.00709. The van der Waals surface area contributed by atoms with E-state index in [2.05, 4.69) is 26.5 Å². The molecule has 0 fully saturated rings. The molecule has 1 aliphatic heterocycles. The zero-order valence-electron chi connectivity index (χ0n) is 13.1. The molecule has 5 heterocycles. The van der Waals surface area contributed by atoms with E-state index in [1.54, 1.807) is 11.6 Å². The Kier molecular flexibility index (Phi) is 3.12. The monoisotopic (exact) mass is 357 g/mol. The van der Waals surface area contributed by atoms with E-state index in [1.165, 1.54) is 21.8 Å². The maximum atomic E-state index is 12.4. The van der Waals surface area contributed by atoms with Gasteiger partial charge >= 0.3 is 0 Å². The summed E-state index contributed by atoms with van der Waals surface area (Å²) in [6, 6.07) is 4.20. The van der Waals surface area contributed by atoms with Gasteiger partial charge in [0.2, 0.25) is 5.78 Å². The highest BCUT2D eigenvalue weighted by Gasteiger charge is 2.21. The Morgan fingerprint density at radius 3 is 3.00 bits per heavy atom. The number of aryl methyl sites for hydroxylation is 1. The molecular weight excluding hydrogens is 342 g/mol. The van der Waals surface area contributed by atoms with Crippen molar-refractivity contribution in [3.8, 4) is 0 Å². The van der Waals surface area contributed by atoms with Gasteiger partial charge in [0.25, 0.3) is 5.56 Å². The number of hydrogen-bond acceptors (Lipinski definition) is 6. The van der Waals surface area contributed by atoms with Crippen LogP contribution in [0.3, 0.4) is 0 Å². The van der Waals surface area contributed by atoms with Gasteiger partial charge in [-0.05, 0) is 34.9 Å². The van der Waals surface area contributed by atoms with Crippen LogP contribution in [0.5, 0.6) is 0 Å². The lowest BCUT2D eigenvalue weighted by Gasteiger charge is -2.25. The van der Waals surface area contributed by atoms with E-state index >= 15 is 0 Å². The molecule has 4 aromatic heterocycles. The molecular formula is C16H15N5OS2. The lowest BCUT2D eigenvalue weighted by molar-refractivity contribution is 0.241. The van der Waals surface area contributed by atoms with E-state index in [-0.39, 0.29) is 5.56 Å². The van der Waals surface area contributed by atoms with E-state index < -0.39 is 0 Å². The van der Waals surface area contributed by atoms with Crippen LogP contribution in [0.2, 0.25) is 0 Å². The Bertz CT molecular complexity index is 1120. The largest absolute Gasteiger partial charge is 0.291 e. The van der Waals surface area contributed by atoms with E-state index in [9.17, 15) is 4.79 Å². The molecule has 0 spiro atoms. The zero-order chi connectivity index (χ0) is 16.3. The molecule has 0 bridgehead atoms. The van der Waals surface area contributed by atoms with Crippen molar-refractivity contribution in [2.45, 2.75) is 19.5 Å². The summed E-state index contributed by atoms with van der Waals surface area (Å²) in [6.45, 7) is 2.72. The lowest BCUT2D eigenvalue weighted by atomic mass is 10.1. The van der Waals surface area contributed by atoms with Crippen LogP contribution < -0.4 is 5.56 Å². The lowest BCUT2D eigenvalue weighted by Crippen LogP contribution is -2.30. The maximum Gasteiger partial charge on any atom is 0.272 e. The predicted molar refractivity (Wildman–Crippen MR) is 95.7 cm³/mol. The normalized spacial score (nSPS) is 15.4. The van der Waals surface area contributed by atoms with Crippen molar-refractivity contribution in [1.29, 1.82) is 0 Å². The molecule has 0 saturated heterocycles. The minimum Gasteiger partial charge on any atom is -0.291 e. The first-order valence-electron chi connectivity index (χ1n) is 7.80. The van der Waals surface area contributed by atoms with Gasteiger partial charge in [0, 0.05) is 25.0 Å². The highest BCUT2D eigenvalue weighted by Crippen LogP contribution is 2.25. The third-order valence-corrected chi connectivity index (χ3v) is 6.56. The molecule has 5 rings (SSSR count). The van der Waals surface area contributed by atoms with E-state index in [0.717, 1.165) is 42.1 Å². The number of aromatic nitrogens is 4. The zero-order valence-corrected chi connectivity index (χ0v) is 14.7. The Labute approximate surface area is 145 Å². The van der Waals surface area contributed by atoms with Gasteiger partial charge in [0.05, 0.1) is 12.1 Å². The Balaban J connectivity index is 1.60. The van der Waals surface area contributed by atoms with Crippen molar-refractivity contribution in [2.75, 3.05) is 6.54 Å². The second-order valence-corrected chi connectivity index (χ2v) is 8.00. The second kappa shape index (κ2) is 5.23. The van der Waals surface area contributed by atoms with Gasteiger partial charge in [-0.2, -0.15) is 0 Å². The fourth-order valence-corrected chi connectivity index (χ4v) is 5.14. The topological polar surface area (TPSA) is 55.4 Å². The number of fused-ring (bicyclic) bond motifs is 4. The van der Waals surface area contributed by atoms with Crippen molar-refractivity contribution in [3.63, 3.8) is 0 Å². The van der Waals surface area contributed by atoms with E-state index in [4.69, 9.17) is 0 Å². The van der Waals surface area contributed by atoms with Gasteiger partial charge in [-0.25, -0.2) is 0 Å². The molecule has 0 aromatic carbocycles. The van der Waals surface area contributed by atoms with Crippen LogP contribution >= 0.6 is 22.7 Å². The molecule has 0 unspecified atom stereocenters. The van der Waals surface area contributed by atoms with Gasteiger partial charge in [-0.3, -0.25) is 18.7 Å². The van der Waals surface area contributed by atoms with Gasteiger partial charge in [-0.1, -0.05) is 0 Å². The third-order valence-electron chi connectivity index (χ3n) is 4.65. The minimum atomic E-state index is -0.00709. The number of thiophene rings is 2. The van der Waals surface area contributed by atoms with Crippen molar-refractivity contribution in [2.24, 2.45) is 7.05 Å². The average molecular weight is 357 g/mol. The molecule has 1 aliphatic rings. The van der Waals surface area contributed by atoms with E-state index in [1.807, 2.05) is 27.2 Å². The maximum absolute atomic E-state index is 12.4. The molecule has 0 saturated carbocycles. The van der Waals surface area contributed by atoms with Crippen LogP contribution in [-0.4, -0.2) is 30.6 Å². The Hall–Kier alpha value is -2.03. The average Bonchev–Trinajstić information content (AvgIpc) is 3.30. The van der Waals surface area contributed by atoms with Crippen molar-refractivity contribution in [3.05, 3.63) is 49.5 Å². The fraction of sp³-hybridized carbons (Fsp3) is 0.312. The first kappa shape index (κ1) is 14.3. The Morgan fingerprint density at radius 1 is 1.21 bits per heavy atom. The highest BCUT2D eigenvalue weighted by atomic mass is 32.1. The molecule has 0 aliphatic carbocycles. The molecule has 122 valence electrons. The van der Waals surface area contributed by atoms with E-state index in [0.29, 0.717) is 5.78 Å². The summed E-state index contributed by atoms with van der Waals surface area (Å²) in [5, 5.41) is 12.8. The first-order valence-corrected chi connectivity index (χ1v) is 9.56. The van der Waals surface area contributed by atoms with Gasteiger partial charge in [0.1, 0.15) is 4.70 Å². The van der Waals surface area contributed by atoms with Crippen LogP contribution in [0.4, 0.5) is 0 Å². The van der Waals surface area contributed by atoms with Gasteiger partial charge in [-0.15, -0.1) is 32.9 Å². The molecule has 0 amide bonds. The molecule has 24 heavy (non-hydrogen) atoms. The number of rotatable bonds is 2. The molecule has 6 nitrogen and oxygen atoms in total. The number of hydrogen-bond donors (Lipinski definition) is 0. The van der Waals surface area contributed by atoms with Crippen LogP contribution in [0.15, 0.2) is 27.7 Å². The van der Waals surface area contributed by atoms with Gasteiger partial charge in [0.15, 0.2) is 5.82 Å². The van der Waals surface area contributed by atoms with Crippen molar-refractivity contribution >= 4 is 38.7 Å². The Morgan fingerprint density at radius 2 is 2.08 bits per heavy atom. The molecule has 0 atom stereocenters. The summed E-state index contributed by atoms with van der Waals surface area (Å²) in [6.07, 6.45) is 1.09. The van der Waals surface area contributed by atoms with Crippen LogP contribution in [0.25, 0.3) is 16.0 Å². The summed E-state index contributed by atoms with van der Waals surface area (Å²) in [5.41, 5.74) is 2.33. The summed E-state index contributed by atoms with van der Waals surface area (Å²) in [7, 11) is 1.76. The molecule has 0 N–H and O–H groups in total. The standard InChI is InChI=1S/C16H15N5OS2/c1-19-15(22)14-11(4-7-24-14)21-13(17-18-16(19)21)9-20-5-2-12-10(8-20)3-6-23-12/h3-4,6-7H,2,5,8-9H2,1H3. The summed E-state index contributed by atoms with van der Waals surface area (Å²) < 4.78 is 4.36. The predicted octanol–water partition coefficient (Wildman–Crippen LogP) is 2.26. The quantitative estimate of drug-likeness (QED) is 0.552.